The van der Waals surface area contributed by atoms with Crippen molar-refractivity contribution in [1.82, 2.24) is 4.98 Å². The zero-order valence-corrected chi connectivity index (χ0v) is 9.55. The number of primary amides is 1. The Morgan fingerprint density at radius 1 is 1.69 bits per heavy atom. The number of carbonyl (C=O) groups excluding carboxylic acids is 1. The van der Waals surface area contributed by atoms with Gasteiger partial charge in [0.05, 0.1) is 12.6 Å². The van der Waals surface area contributed by atoms with Crippen LogP contribution in [0.25, 0.3) is 0 Å². The summed E-state index contributed by atoms with van der Waals surface area (Å²) in [5, 5.41) is 9.60. The van der Waals surface area contributed by atoms with Gasteiger partial charge in [0.1, 0.15) is 5.82 Å². The van der Waals surface area contributed by atoms with E-state index in [0.29, 0.717) is 17.9 Å². The van der Waals surface area contributed by atoms with Crippen molar-refractivity contribution in [2.75, 3.05) is 18.0 Å². The molecule has 1 atom stereocenters. The van der Waals surface area contributed by atoms with Gasteiger partial charge >= 0.3 is 0 Å². The van der Waals surface area contributed by atoms with Crippen LogP contribution in [0.1, 0.15) is 25.5 Å². The second-order valence-electron chi connectivity index (χ2n) is 3.57. The van der Waals surface area contributed by atoms with Crippen molar-refractivity contribution in [3.05, 3.63) is 23.9 Å². The summed E-state index contributed by atoms with van der Waals surface area (Å²) in [6, 6.07) is 3.54. The smallest absolute Gasteiger partial charge is 0.236 e. The fraction of sp³-hybridized carbons (Fsp3) is 0.455. The highest BCUT2D eigenvalue weighted by Crippen LogP contribution is 2.23. The van der Waals surface area contributed by atoms with Crippen molar-refractivity contribution in [2.24, 2.45) is 5.73 Å². The topological polar surface area (TPSA) is 79.5 Å². The van der Waals surface area contributed by atoms with E-state index >= 15 is 0 Å². The van der Waals surface area contributed by atoms with Crippen LogP contribution in [0.2, 0.25) is 0 Å². The Kier molecular flexibility index (Phi) is 4.25. The SMILES string of the molecule is CCN(CC(N)=O)c1ncccc1[C@@H](C)O. The maximum Gasteiger partial charge on any atom is 0.236 e. The third kappa shape index (κ3) is 2.93. The molecule has 0 aliphatic heterocycles. The molecule has 0 fully saturated rings. The monoisotopic (exact) mass is 223 g/mol. The molecule has 0 saturated carbocycles. The third-order valence-corrected chi connectivity index (χ3v) is 2.29. The number of rotatable bonds is 5. The quantitative estimate of drug-likeness (QED) is 0.759. The molecule has 5 heteroatoms. The van der Waals surface area contributed by atoms with E-state index in [0.717, 1.165) is 0 Å². The van der Waals surface area contributed by atoms with Gasteiger partial charge in [-0.15, -0.1) is 0 Å². The molecule has 0 spiro atoms. The summed E-state index contributed by atoms with van der Waals surface area (Å²) in [4.78, 5) is 16.8. The normalized spacial score (nSPS) is 12.2. The van der Waals surface area contributed by atoms with Crippen LogP contribution in [-0.4, -0.2) is 29.1 Å². The number of aromatic nitrogens is 1. The number of likely N-dealkylation sites (N-methyl/N-ethyl adjacent to an activating group) is 1. The zero-order valence-electron chi connectivity index (χ0n) is 9.55. The number of aliphatic hydroxyl groups excluding tert-OH is 1. The highest BCUT2D eigenvalue weighted by atomic mass is 16.3. The molecule has 1 heterocycles. The number of carbonyl (C=O) groups is 1. The lowest BCUT2D eigenvalue weighted by Gasteiger charge is -2.23. The lowest BCUT2D eigenvalue weighted by molar-refractivity contribution is -0.116. The predicted molar refractivity (Wildman–Crippen MR) is 62.0 cm³/mol. The summed E-state index contributed by atoms with van der Waals surface area (Å²) >= 11 is 0. The first-order chi connectivity index (χ1) is 7.56. The van der Waals surface area contributed by atoms with Gasteiger partial charge in [-0.25, -0.2) is 4.98 Å². The van der Waals surface area contributed by atoms with Gasteiger partial charge in [-0.3, -0.25) is 4.79 Å². The number of hydrogen-bond donors (Lipinski definition) is 2. The average molecular weight is 223 g/mol. The summed E-state index contributed by atoms with van der Waals surface area (Å²) in [5.41, 5.74) is 5.86. The molecule has 1 aromatic heterocycles. The van der Waals surface area contributed by atoms with Gasteiger partial charge in [0.2, 0.25) is 5.91 Å². The first-order valence-corrected chi connectivity index (χ1v) is 5.22. The van der Waals surface area contributed by atoms with Crippen LogP contribution in [0.4, 0.5) is 5.82 Å². The van der Waals surface area contributed by atoms with Crippen LogP contribution >= 0.6 is 0 Å². The number of nitrogens with zero attached hydrogens (tertiary/aromatic N) is 2. The summed E-state index contributed by atoms with van der Waals surface area (Å²) in [6.07, 6.45) is 1.01. The van der Waals surface area contributed by atoms with Crippen LogP contribution in [-0.2, 0) is 4.79 Å². The van der Waals surface area contributed by atoms with Crippen LogP contribution in [0.3, 0.4) is 0 Å². The number of anilines is 1. The van der Waals surface area contributed by atoms with Crippen molar-refractivity contribution in [3.63, 3.8) is 0 Å². The first-order valence-electron chi connectivity index (χ1n) is 5.22. The lowest BCUT2D eigenvalue weighted by atomic mass is 10.1. The molecule has 3 N–H and O–H groups in total. The van der Waals surface area contributed by atoms with Crippen molar-refractivity contribution < 1.29 is 9.90 Å². The van der Waals surface area contributed by atoms with Gasteiger partial charge in [-0.2, -0.15) is 0 Å². The minimum atomic E-state index is -0.620. The molecular formula is C11H17N3O2. The van der Waals surface area contributed by atoms with Gasteiger partial charge in [0.15, 0.2) is 0 Å². The van der Waals surface area contributed by atoms with Gasteiger partial charge in [0, 0.05) is 18.3 Å². The Balaban J connectivity index is 3.03. The summed E-state index contributed by atoms with van der Waals surface area (Å²) in [6.45, 7) is 4.29. The van der Waals surface area contributed by atoms with E-state index in [4.69, 9.17) is 5.73 Å². The summed E-state index contributed by atoms with van der Waals surface area (Å²) in [7, 11) is 0. The molecule has 0 radical (unpaired) electrons. The average Bonchev–Trinajstić information content (AvgIpc) is 2.25. The van der Waals surface area contributed by atoms with Gasteiger partial charge in [-0.1, -0.05) is 6.07 Å². The van der Waals surface area contributed by atoms with Gasteiger partial charge in [-0.05, 0) is 19.9 Å². The van der Waals surface area contributed by atoms with Crippen LogP contribution in [0, 0.1) is 0 Å². The molecule has 0 saturated heterocycles. The number of hydrogen-bond acceptors (Lipinski definition) is 4. The predicted octanol–water partition coefficient (Wildman–Crippen LogP) is 0.446. The van der Waals surface area contributed by atoms with Crippen molar-refractivity contribution >= 4 is 11.7 Å². The molecule has 16 heavy (non-hydrogen) atoms. The van der Waals surface area contributed by atoms with E-state index in [1.54, 1.807) is 30.2 Å². The standard InChI is InChI=1S/C11H17N3O2/c1-3-14(7-10(12)16)11-9(8(2)15)5-4-6-13-11/h4-6,8,15H,3,7H2,1-2H3,(H2,12,16)/t8-/m1/s1. The molecule has 1 amide bonds. The molecule has 88 valence electrons. The Morgan fingerprint density at radius 2 is 2.38 bits per heavy atom. The minimum Gasteiger partial charge on any atom is -0.389 e. The third-order valence-electron chi connectivity index (χ3n) is 2.29. The largest absolute Gasteiger partial charge is 0.389 e. The van der Waals surface area contributed by atoms with E-state index in [9.17, 15) is 9.90 Å². The Bertz CT molecular complexity index is 366. The maximum absolute atomic E-state index is 10.9. The fourth-order valence-electron chi connectivity index (χ4n) is 1.52. The lowest BCUT2D eigenvalue weighted by Crippen LogP contribution is -2.34. The maximum atomic E-state index is 10.9. The number of pyridine rings is 1. The van der Waals surface area contributed by atoms with Crippen molar-refractivity contribution in [2.45, 2.75) is 20.0 Å². The second kappa shape index (κ2) is 5.46. The van der Waals surface area contributed by atoms with Crippen LogP contribution in [0.5, 0.6) is 0 Å². The molecule has 5 nitrogen and oxygen atoms in total. The Labute approximate surface area is 94.9 Å². The van der Waals surface area contributed by atoms with E-state index in [-0.39, 0.29) is 6.54 Å². The van der Waals surface area contributed by atoms with Crippen molar-refractivity contribution in [3.8, 4) is 0 Å². The summed E-state index contributed by atoms with van der Waals surface area (Å²) in [5.74, 6) is 0.197. The number of amides is 1. The molecule has 0 bridgehead atoms. The van der Waals surface area contributed by atoms with E-state index in [2.05, 4.69) is 4.98 Å². The van der Waals surface area contributed by atoms with E-state index in [1.165, 1.54) is 0 Å². The Hall–Kier alpha value is -1.62. The molecule has 1 rings (SSSR count). The van der Waals surface area contributed by atoms with E-state index in [1.807, 2.05) is 6.92 Å². The molecule has 0 aliphatic rings. The van der Waals surface area contributed by atoms with E-state index < -0.39 is 12.0 Å². The van der Waals surface area contributed by atoms with Gasteiger partial charge < -0.3 is 15.7 Å². The highest BCUT2D eigenvalue weighted by molar-refractivity contribution is 5.79. The van der Waals surface area contributed by atoms with Crippen LogP contribution in [0.15, 0.2) is 18.3 Å². The molecular weight excluding hydrogens is 206 g/mol. The van der Waals surface area contributed by atoms with Gasteiger partial charge in [0.25, 0.3) is 0 Å². The second-order valence-corrected chi connectivity index (χ2v) is 3.57. The fourth-order valence-corrected chi connectivity index (χ4v) is 1.52. The molecule has 0 unspecified atom stereocenters. The molecule has 0 aliphatic carbocycles. The van der Waals surface area contributed by atoms with Crippen molar-refractivity contribution in [1.29, 1.82) is 0 Å². The Morgan fingerprint density at radius 3 is 2.88 bits per heavy atom. The minimum absolute atomic E-state index is 0.104. The zero-order chi connectivity index (χ0) is 12.1. The highest BCUT2D eigenvalue weighted by Gasteiger charge is 2.15. The molecule has 0 aromatic carbocycles. The summed E-state index contributed by atoms with van der Waals surface area (Å²) < 4.78 is 0. The van der Waals surface area contributed by atoms with Crippen LogP contribution < -0.4 is 10.6 Å². The first kappa shape index (κ1) is 12.4. The number of aliphatic hydroxyl groups is 1. The molecule has 1 aromatic rings. The number of nitrogens with two attached hydrogens (primary N) is 1.